The Bertz CT molecular complexity index is 480. The highest BCUT2D eigenvalue weighted by molar-refractivity contribution is 5.99. The van der Waals surface area contributed by atoms with Crippen molar-refractivity contribution in [1.82, 2.24) is 5.32 Å². The van der Waals surface area contributed by atoms with Gasteiger partial charge in [0.25, 0.3) is 0 Å². The van der Waals surface area contributed by atoms with Crippen LogP contribution in [0, 0.1) is 12.7 Å². The average molecular weight is 235 g/mol. The molecule has 0 radical (unpaired) electrons. The van der Waals surface area contributed by atoms with Gasteiger partial charge in [0.05, 0.1) is 0 Å². The minimum Gasteiger partial charge on any atom is -0.296 e. The Balaban J connectivity index is 2.39. The maximum absolute atomic E-state index is 13.5. The van der Waals surface area contributed by atoms with E-state index in [1.807, 2.05) is 6.92 Å². The van der Waals surface area contributed by atoms with Crippen LogP contribution in [-0.4, -0.2) is 11.8 Å². The van der Waals surface area contributed by atoms with Crippen molar-refractivity contribution in [2.45, 2.75) is 32.1 Å². The Labute approximate surface area is 99.0 Å². The van der Waals surface area contributed by atoms with Crippen LogP contribution >= 0.6 is 0 Å². The number of rotatable bonds is 1. The Kier molecular flexibility index (Phi) is 2.73. The predicted molar refractivity (Wildman–Crippen MR) is 60.9 cm³/mol. The number of hydrogen-bond donors (Lipinski definition) is 1. The first-order valence-corrected chi connectivity index (χ1v) is 5.50. The summed E-state index contributed by atoms with van der Waals surface area (Å²) in [5.74, 6) is -0.906. The lowest BCUT2D eigenvalue weighted by Crippen LogP contribution is -2.45. The van der Waals surface area contributed by atoms with E-state index in [4.69, 9.17) is 0 Å². The molecule has 0 unspecified atom stereocenters. The fourth-order valence-corrected chi connectivity index (χ4v) is 2.19. The van der Waals surface area contributed by atoms with E-state index in [1.54, 1.807) is 19.1 Å². The number of imide groups is 1. The van der Waals surface area contributed by atoms with Gasteiger partial charge in [-0.1, -0.05) is 19.1 Å². The number of halogens is 1. The molecular weight excluding hydrogens is 221 g/mol. The molecule has 17 heavy (non-hydrogen) atoms. The summed E-state index contributed by atoms with van der Waals surface area (Å²) in [4.78, 5) is 22.8. The molecule has 0 bridgehead atoms. The SMILES string of the molecule is Cc1ccc(C2(C)CC(=O)NC(=O)C2)cc1F. The maximum Gasteiger partial charge on any atom is 0.227 e. The Hall–Kier alpha value is -1.71. The molecule has 1 heterocycles. The lowest BCUT2D eigenvalue weighted by atomic mass is 9.74. The van der Waals surface area contributed by atoms with Gasteiger partial charge in [0.15, 0.2) is 0 Å². The van der Waals surface area contributed by atoms with Crippen molar-refractivity contribution >= 4 is 11.8 Å². The molecule has 1 aliphatic heterocycles. The Morgan fingerprint density at radius 2 is 1.82 bits per heavy atom. The predicted octanol–water partition coefficient (Wildman–Crippen LogP) is 1.83. The second-order valence-electron chi connectivity index (χ2n) is 4.85. The largest absolute Gasteiger partial charge is 0.296 e. The third-order valence-corrected chi connectivity index (χ3v) is 3.25. The molecule has 0 atom stereocenters. The van der Waals surface area contributed by atoms with Gasteiger partial charge in [0.2, 0.25) is 11.8 Å². The molecule has 1 aromatic rings. The standard InChI is InChI=1S/C13H14FNO2/c1-8-3-4-9(5-10(8)14)13(2)6-11(16)15-12(17)7-13/h3-5H,6-7H2,1-2H3,(H,15,16,17). The van der Waals surface area contributed by atoms with Crippen molar-refractivity contribution in [2.24, 2.45) is 0 Å². The van der Waals surface area contributed by atoms with Crippen molar-refractivity contribution < 1.29 is 14.0 Å². The van der Waals surface area contributed by atoms with Crippen LogP contribution in [0.2, 0.25) is 0 Å². The van der Waals surface area contributed by atoms with Crippen LogP contribution in [0.25, 0.3) is 0 Å². The van der Waals surface area contributed by atoms with Crippen molar-refractivity contribution in [3.63, 3.8) is 0 Å². The van der Waals surface area contributed by atoms with Crippen molar-refractivity contribution in [1.29, 1.82) is 0 Å². The van der Waals surface area contributed by atoms with E-state index < -0.39 is 5.41 Å². The summed E-state index contributed by atoms with van der Waals surface area (Å²) in [6.07, 6.45) is 0.419. The van der Waals surface area contributed by atoms with E-state index in [9.17, 15) is 14.0 Å². The van der Waals surface area contributed by atoms with Gasteiger partial charge in [-0.15, -0.1) is 0 Å². The molecule has 2 rings (SSSR count). The molecule has 1 aromatic carbocycles. The summed E-state index contributed by atoms with van der Waals surface area (Å²) in [6.45, 7) is 3.49. The molecule has 0 aliphatic carbocycles. The zero-order chi connectivity index (χ0) is 12.6. The van der Waals surface area contributed by atoms with Crippen LogP contribution in [0.15, 0.2) is 18.2 Å². The van der Waals surface area contributed by atoms with Crippen LogP contribution in [0.3, 0.4) is 0 Å². The summed E-state index contributed by atoms with van der Waals surface area (Å²) in [6, 6.07) is 4.87. The fraction of sp³-hybridized carbons (Fsp3) is 0.385. The van der Waals surface area contributed by atoms with Gasteiger partial charge in [-0.2, -0.15) is 0 Å². The summed E-state index contributed by atoms with van der Waals surface area (Å²) in [5.41, 5.74) is 0.654. The first kappa shape index (κ1) is 11.8. The van der Waals surface area contributed by atoms with Gasteiger partial charge in [-0.25, -0.2) is 4.39 Å². The van der Waals surface area contributed by atoms with E-state index in [0.29, 0.717) is 11.1 Å². The van der Waals surface area contributed by atoms with Gasteiger partial charge in [0.1, 0.15) is 5.82 Å². The highest BCUT2D eigenvalue weighted by Crippen LogP contribution is 2.34. The van der Waals surface area contributed by atoms with Crippen LogP contribution in [-0.2, 0) is 15.0 Å². The van der Waals surface area contributed by atoms with E-state index in [-0.39, 0.29) is 30.5 Å². The lowest BCUT2D eigenvalue weighted by Gasteiger charge is -2.32. The summed E-state index contributed by atoms with van der Waals surface area (Å²) >= 11 is 0. The van der Waals surface area contributed by atoms with E-state index in [1.165, 1.54) is 6.07 Å². The molecule has 4 heteroatoms. The second-order valence-corrected chi connectivity index (χ2v) is 4.85. The minimum absolute atomic E-state index is 0.210. The van der Waals surface area contributed by atoms with Gasteiger partial charge < -0.3 is 0 Å². The van der Waals surface area contributed by atoms with E-state index in [0.717, 1.165) is 0 Å². The molecule has 0 saturated carbocycles. The summed E-state index contributed by atoms with van der Waals surface area (Å²) < 4.78 is 13.5. The molecular formula is C13H14FNO2. The molecule has 1 N–H and O–H groups in total. The maximum atomic E-state index is 13.5. The van der Waals surface area contributed by atoms with Gasteiger partial charge >= 0.3 is 0 Å². The third kappa shape index (κ3) is 2.20. The zero-order valence-electron chi connectivity index (χ0n) is 9.84. The third-order valence-electron chi connectivity index (χ3n) is 3.25. The highest BCUT2D eigenvalue weighted by atomic mass is 19.1. The average Bonchev–Trinajstić information content (AvgIpc) is 2.19. The molecule has 0 aromatic heterocycles. The number of hydrogen-bond acceptors (Lipinski definition) is 2. The summed E-state index contributed by atoms with van der Waals surface area (Å²) in [7, 11) is 0. The topological polar surface area (TPSA) is 46.2 Å². The van der Waals surface area contributed by atoms with Gasteiger partial charge in [-0.05, 0) is 24.1 Å². The quantitative estimate of drug-likeness (QED) is 0.755. The number of aryl methyl sites for hydroxylation is 1. The van der Waals surface area contributed by atoms with E-state index >= 15 is 0 Å². The molecule has 2 amide bonds. The number of carbonyl (C=O) groups excluding carboxylic acids is 2. The van der Waals surface area contributed by atoms with E-state index in [2.05, 4.69) is 5.32 Å². The van der Waals surface area contributed by atoms with Crippen molar-refractivity contribution in [3.05, 3.63) is 35.1 Å². The Morgan fingerprint density at radius 3 is 2.35 bits per heavy atom. The molecule has 1 fully saturated rings. The molecule has 1 aliphatic rings. The van der Waals surface area contributed by atoms with Gasteiger partial charge in [0, 0.05) is 18.3 Å². The first-order chi connectivity index (χ1) is 7.90. The molecule has 90 valence electrons. The minimum atomic E-state index is -0.603. The van der Waals surface area contributed by atoms with Crippen LogP contribution in [0.1, 0.15) is 30.9 Å². The first-order valence-electron chi connectivity index (χ1n) is 5.50. The normalized spacial score (nSPS) is 19.0. The smallest absolute Gasteiger partial charge is 0.227 e. The fourth-order valence-electron chi connectivity index (χ4n) is 2.19. The molecule has 3 nitrogen and oxygen atoms in total. The van der Waals surface area contributed by atoms with Crippen LogP contribution in [0.5, 0.6) is 0 Å². The number of piperidine rings is 1. The number of amides is 2. The highest BCUT2D eigenvalue weighted by Gasteiger charge is 2.37. The van der Waals surface area contributed by atoms with Crippen LogP contribution < -0.4 is 5.32 Å². The molecule has 1 saturated heterocycles. The second kappa shape index (κ2) is 3.95. The summed E-state index contributed by atoms with van der Waals surface area (Å²) in [5, 5.41) is 2.26. The zero-order valence-corrected chi connectivity index (χ0v) is 9.84. The van der Waals surface area contributed by atoms with Crippen molar-refractivity contribution in [3.8, 4) is 0 Å². The Morgan fingerprint density at radius 1 is 1.24 bits per heavy atom. The lowest BCUT2D eigenvalue weighted by molar-refractivity contribution is -0.135. The van der Waals surface area contributed by atoms with Gasteiger partial charge in [-0.3, -0.25) is 14.9 Å². The number of carbonyl (C=O) groups is 2. The number of benzene rings is 1. The van der Waals surface area contributed by atoms with Crippen molar-refractivity contribution in [2.75, 3.05) is 0 Å². The monoisotopic (exact) mass is 235 g/mol. The molecule has 0 spiro atoms. The van der Waals surface area contributed by atoms with Crippen LogP contribution in [0.4, 0.5) is 4.39 Å². The number of nitrogens with one attached hydrogen (secondary N) is 1.